The molecule has 0 saturated carbocycles. The average molecular weight is 755 g/mol. The van der Waals surface area contributed by atoms with E-state index in [2.05, 4.69) is 72.7 Å². The van der Waals surface area contributed by atoms with E-state index in [-0.39, 0.29) is 19.4 Å². The summed E-state index contributed by atoms with van der Waals surface area (Å²) < 4.78 is 32.2. The largest absolute Gasteiger partial charge is 0.756 e. The second kappa shape index (κ2) is 35.5. The molecule has 52 heavy (non-hydrogen) atoms. The van der Waals surface area contributed by atoms with Gasteiger partial charge in [0.25, 0.3) is 7.82 Å². The number of ether oxygens (including phenoxy) is 2. The zero-order chi connectivity index (χ0) is 38.5. The van der Waals surface area contributed by atoms with Gasteiger partial charge in [-0.25, -0.2) is 0 Å². The predicted octanol–water partition coefficient (Wildman–Crippen LogP) is 7.15. The highest BCUT2D eigenvalue weighted by molar-refractivity contribution is 7.45. The summed E-state index contributed by atoms with van der Waals surface area (Å²) in [7, 11) is -4.96. The molecule has 0 spiro atoms. The number of carboxylic acids is 1. The van der Waals surface area contributed by atoms with Crippen molar-refractivity contribution in [1.29, 1.82) is 0 Å². The lowest BCUT2D eigenvalue weighted by Gasteiger charge is -2.26. The van der Waals surface area contributed by atoms with Crippen molar-refractivity contribution in [2.24, 2.45) is 0 Å². The van der Waals surface area contributed by atoms with E-state index in [0.29, 0.717) is 12.8 Å². The van der Waals surface area contributed by atoms with Crippen molar-refractivity contribution < 1.29 is 53.2 Å². The van der Waals surface area contributed by atoms with Gasteiger partial charge in [0.2, 0.25) is 0 Å². The van der Waals surface area contributed by atoms with Crippen LogP contribution in [0, 0.1) is 0 Å². The lowest BCUT2D eigenvalue weighted by Crippen LogP contribution is -2.70. The Morgan fingerprint density at radius 2 is 1.08 bits per heavy atom. The quantitative estimate of drug-likeness (QED) is 0.0299. The van der Waals surface area contributed by atoms with Gasteiger partial charge >= 0.3 is 11.9 Å². The highest BCUT2D eigenvalue weighted by Crippen LogP contribution is 2.38. The molecule has 11 nitrogen and oxygen atoms in total. The summed E-state index contributed by atoms with van der Waals surface area (Å²) >= 11 is 0. The molecule has 0 amide bonds. The van der Waals surface area contributed by atoms with E-state index in [1.807, 2.05) is 0 Å². The molecule has 0 aliphatic carbocycles. The van der Waals surface area contributed by atoms with E-state index in [4.69, 9.17) is 14.0 Å². The zero-order valence-electron chi connectivity index (χ0n) is 32.2. The fourth-order valence-electron chi connectivity index (χ4n) is 4.95. The fourth-order valence-corrected chi connectivity index (χ4v) is 5.74. The highest BCUT2D eigenvalue weighted by atomic mass is 31.2. The van der Waals surface area contributed by atoms with Crippen LogP contribution in [-0.2, 0) is 37.5 Å². The van der Waals surface area contributed by atoms with Crippen LogP contribution in [-0.4, -0.2) is 49.9 Å². The highest BCUT2D eigenvalue weighted by Gasteiger charge is 2.22. The summed E-state index contributed by atoms with van der Waals surface area (Å²) in [5, 5.41) is 10.8. The average Bonchev–Trinajstić information content (AvgIpc) is 3.12. The van der Waals surface area contributed by atoms with Crippen molar-refractivity contribution >= 4 is 25.7 Å². The molecular formula is C40H69NO10P-. The maximum absolute atomic E-state index is 12.6. The van der Waals surface area contributed by atoms with Gasteiger partial charge in [-0.1, -0.05) is 120 Å². The van der Waals surface area contributed by atoms with E-state index in [1.54, 1.807) is 0 Å². The lowest BCUT2D eigenvalue weighted by atomic mass is 10.1. The summed E-state index contributed by atoms with van der Waals surface area (Å²) in [5.41, 5.74) is 3.23. The Labute approximate surface area is 314 Å². The molecule has 0 fully saturated rings. The van der Waals surface area contributed by atoms with Crippen molar-refractivity contribution in [2.75, 3.05) is 19.8 Å². The molecular weight excluding hydrogens is 685 g/mol. The molecule has 0 aliphatic rings. The summed E-state index contributed by atoms with van der Waals surface area (Å²) in [6.45, 7) is 2.52. The molecule has 12 heteroatoms. The first-order chi connectivity index (χ1) is 25.1. The minimum atomic E-state index is -4.96. The molecule has 1 unspecified atom stereocenters. The number of rotatable bonds is 36. The first-order valence-electron chi connectivity index (χ1n) is 19.7. The molecule has 0 heterocycles. The number of hydrogen-bond acceptors (Lipinski definition) is 10. The van der Waals surface area contributed by atoms with Gasteiger partial charge in [0.15, 0.2) is 6.10 Å². The van der Waals surface area contributed by atoms with Gasteiger partial charge in [0, 0.05) is 12.8 Å². The van der Waals surface area contributed by atoms with Crippen LogP contribution in [0.3, 0.4) is 0 Å². The first kappa shape index (κ1) is 49.4. The zero-order valence-corrected chi connectivity index (χ0v) is 33.1. The van der Waals surface area contributed by atoms with Crippen LogP contribution in [0.5, 0.6) is 0 Å². The van der Waals surface area contributed by atoms with Gasteiger partial charge in [-0.05, 0) is 70.6 Å². The second-order valence-electron chi connectivity index (χ2n) is 13.1. The number of aliphatic carboxylic acids is 1. The minimum absolute atomic E-state index is 0.124. The van der Waals surface area contributed by atoms with Crippen LogP contribution in [0.4, 0.5) is 0 Å². The third-order valence-corrected chi connectivity index (χ3v) is 9.02. The fraction of sp³-hybridized carbons (Fsp3) is 0.725. The van der Waals surface area contributed by atoms with E-state index in [0.717, 1.165) is 89.9 Å². The minimum Gasteiger partial charge on any atom is -0.756 e. The van der Waals surface area contributed by atoms with Gasteiger partial charge in [-0.3, -0.25) is 14.2 Å². The maximum atomic E-state index is 12.6. The topological polar surface area (TPSA) is 179 Å². The third kappa shape index (κ3) is 34.5. The molecule has 0 bridgehead atoms. The molecule has 0 saturated heterocycles. The van der Waals surface area contributed by atoms with E-state index in [9.17, 15) is 28.9 Å². The van der Waals surface area contributed by atoms with Crippen LogP contribution >= 0.6 is 7.82 Å². The Morgan fingerprint density at radius 3 is 1.63 bits per heavy atom. The lowest BCUT2D eigenvalue weighted by molar-refractivity contribution is -0.441. The van der Waals surface area contributed by atoms with Crippen LogP contribution in [0.25, 0.3) is 0 Å². The van der Waals surface area contributed by atoms with E-state index < -0.39 is 51.1 Å². The molecule has 3 atom stereocenters. The summed E-state index contributed by atoms with van der Waals surface area (Å²) in [6.07, 6.45) is 37.3. The molecule has 0 aliphatic heterocycles. The van der Waals surface area contributed by atoms with Gasteiger partial charge in [0.05, 0.1) is 6.61 Å². The predicted molar refractivity (Wildman–Crippen MR) is 202 cm³/mol. The molecule has 0 aromatic rings. The number of phosphoric ester groups is 1. The van der Waals surface area contributed by atoms with Crippen LogP contribution in [0.15, 0.2) is 48.6 Å². The van der Waals surface area contributed by atoms with Gasteiger partial charge in [0.1, 0.15) is 25.2 Å². The smallest absolute Gasteiger partial charge is 0.306 e. The molecule has 0 rings (SSSR count). The van der Waals surface area contributed by atoms with Gasteiger partial charge in [-0.2, -0.15) is 0 Å². The second-order valence-corrected chi connectivity index (χ2v) is 14.5. The number of phosphoric acid groups is 1. The van der Waals surface area contributed by atoms with Crippen LogP contribution < -0.4 is 15.7 Å². The number of unbranched alkanes of at least 4 members (excludes halogenated alkanes) is 14. The first-order valence-corrected chi connectivity index (χ1v) is 21.2. The van der Waals surface area contributed by atoms with Crippen LogP contribution in [0.1, 0.15) is 155 Å². The number of allylic oxidation sites excluding steroid dienone is 8. The summed E-state index contributed by atoms with van der Waals surface area (Å²) in [4.78, 5) is 47.9. The van der Waals surface area contributed by atoms with Gasteiger partial charge < -0.3 is 39.0 Å². The molecule has 0 aromatic heterocycles. The molecule has 0 radical (unpaired) electrons. The van der Waals surface area contributed by atoms with Crippen LogP contribution in [0.2, 0.25) is 0 Å². The number of carbonyl (C=O) groups is 3. The molecule has 0 aromatic carbocycles. The Morgan fingerprint density at radius 1 is 0.615 bits per heavy atom. The normalized spacial score (nSPS) is 14.4. The monoisotopic (exact) mass is 754 g/mol. The van der Waals surface area contributed by atoms with E-state index in [1.165, 1.54) is 25.7 Å². The Bertz CT molecular complexity index is 1070. The summed E-state index contributed by atoms with van der Waals surface area (Å²) in [5.74, 6) is -2.62. The van der Waals surface area contributed by atoms with E-state index >= 15 is 0 Å². The van der Waals surface area contributed by atoms with Crippen molar-refractivity contribution in [3.05, 3.63) is 48.6 Å². The number of hydrogen-bond donors (Lipinski definition) is 1. The van der Waals surface area contributed by atoms with Crippen molar-refractivity contribution in [1.82, 2.24) is 0 Å². The molecule has 3 N–H and O–H groups in total. The summed E-state index contributed by atoms with van der Waals surface area (Å²) in [6, 6.07) is -1.43. The van der Waals surface area contributed by atoms with Crippen molar-refractivity contribution in [2.45, 2.75) is 167 Å². The maximum Gasteiger partial charge on any atom is 0.306 e. The number of esters is 2. The van der Waals surface area contributed by atoms with Crippen molar-refractivity contribution in [3.8, 4) is 0 Å². The molecule has 300 valence electrons. The number of carboxylic acid groups (broad SMARTS) is 1. The number of quaternary nitrogens is 1. The SMILES string of the molecule is CC/C=C\C/C=C\C/C=C\CCCCCCCC(=O)O[C@H](COC(=O)CCCCCCC/C=C\CCCCCC)COP(=O)([O-])OC[C@H]([NH3+])C(=O)[O-]. The Hall–Kier alpha value is -2.56. The Kier molecular flexibility index (Phi) is 33.7. The third-order valence-electron chi connectivity index (χ3n) is 8.09. The van der Waals surface area contributed by atoms with Crippen molar-refractivity contribution in [3.63, 3.8) is 0 Å². The Balaban J connectivity index is 4.48. The number of carbonyl (C=O) groups excluding carboxylic acids is 3. The standard InChI is InChI=1S/C40H70NO10P/c1-3-5-7-9-11-13-15-17-18-20-22-24-26-28-30-32-39(43)51-36(34-49-52(46,47)50-35-37(41)40(44)45)33-48-38(42)31-29-27-25-23-21-19-16-14-12-10-8-6-4-2/h5,7,11,13-14,16-18,36-37H,3-4,6,8-10,12,15,19-35,41H2,1-2H3,(H,44,45)(H,46,47)/p-1/b7-5-,13-11-,16-14-,18-17-/t36-,37+/m1/s1. The van der Waals surface area contributed by atoms with Gasteiger partial charge in [-0.15, -0.1) is 0 Å².